The minimum Gasteiger partial charge on any atom is -0.383 e. The van der Waals surface area contributed by atoms with Crippen LogP contribution in [0.25, 0.3) is 0 Å². The fourth-order valence-corrected chi connectivity index (χ4v) is 2.41. The van der Waals surface area contributed by atoms with Crippen LogP contribution < -0.4 is 5.32 Å². The SMILES string of the molecule is COCCN1CC[C@H](NCc2ccc(Cl)cc2)C1. The summed E-state index contributed by atoms with van der Waals surface area (Å²) in [6, 6.07) is 8.63. The second-order valence-electron chi connectivity index (χ2n) is 4.79. The molecule has 0 saturated carbocycles. The van der Waals surface area contributed by atoms with E-state index in [0.717, 1.165) is 31.3 Å². The lowest BCUT2D eigenvalue weighted by Crippen LogP contribution is -2.33. The molecule has 2 rings (SSSR count). The van der Waals surface area contributed by atoms with Gasteiger partial charge in [0.1, 0.15) is 0 Å². The molecule has 1 aromatic rings. The van der Waals surface area contributed by atoms with Crippen LogP contribution in [0.3, 0.4) is 0 Å². The number of nitrogens with one attached hydrogen (secondary N) is 1. The molecule has 1 N–H and O–H groups in total. The normalized spacial score (nSPS) is 20.4. The second kappa shape index (κ2) is 7.10. The van der Waals surface area contributed by atoms with Gasteiger partial charge in [0.25, 0.3) is 0 Å². The molecule has 0 unspecified atom stereocenters. The van der Waals surface area contributed by atoms with Gasteiger partial charge < -0.3 is 10.1 Å². The Kier molecular flexibility index (Phi) is 5.45. The summed E-state index contributed by atoms with van der Waals surface area (Å²) in [4.78, 5) is 2.45. The zero-order chi connectivity index (χ0) is 12.8. The smallest absolute Gasteiger partial charge is 0.0589 e. The molecule has 1 fully saturated rings. The maximum absolute atomic E-state index is 5.87. The Morgan fingerprint density at radius 1 is 1.39 bits per heavy atom. The van der Waals surface area contributed by atoms with E-state index in [-0.39, 0.29) is 0 Å². The van der Waals surface area contributed by atoms with Crippen LogP contribution in [0.15, 0.2) is 24.3 Å². The number of hydrogen-bond acceptors (Lipinski definition) is 3. The molecule has 0 radical (unpaired) electrons. The molecule has 1 heterocycles. The maximum Gasteiger partial charge on any atom is 0.0589 e. The van der Waals surface area contributed by atoms with Gasteiger partial charge in [-0.3, -0.25) is 4.90 Å². The van der Waals surface area contributed by atoms with Crippen LogP contribution in [0.1, 0.15) is 12.0 Å². The van der Waals surface area contributed by atoms with Crippen LogP contribution in [0.2, 0.25) is 5.02 Å². The van der Waals surface area contributed by atoms with E-state index in [9.17, 15) is 0 Å². The molecule has 0 amide bonds. The highest BCUT2D eigenvalue weighted by Gasteiger charge is 2.21. The van der Waals surface area contributed by atoms with Crippen molar-refractivity contribution in [1.82, 2.24) is 10.2 Å². The van der Waals surface area contributed by atoms with Gasteiger partial charge in [-0.1, -0.05) is 23.7 Å². The predicted molar refractivity (Wildman–Crippen MR) is 75.0 cm³/mol. The number of ether oxygens (including phenoxy) is 1. The molecule has 4 heteroatoms. The summed E-state index contributed by atoms with van der Waals surface area (Å²) < 4.78 is 5.10. The van der Waals surface area contributed by atoms with Crippen LogP contribution in [-0.2, 0) is 11.3 Å². The lowest BCUT2D eigenvalue weighted by atomic mass is 10.2. The summed E-state index contributed by atoms with van der Waals surface area (Å²) in [5, 5.41) is 4.39. The van der Waals surface area contributed by atoms with Crippen molar-refractivity contribution in [3.63, 3.8) is 0 Å². The Balaban J connectivity index is 1.70. The summed E-state index contributed by atoms with van der Waals surface area (Å²) in [7, 11) is 1.76. The van der Waals surface area contributed by atoms with Gasteiger partial charge in [0.15, 0.2) is 0 Å². The van der Waals surface area contributed by atoms with Gasteiger partial charge in [0, 0.05) is 37.8 Å². The summed E-state index contributed by atoms with van der Waals surface area (Å²) in [6.45, 7) is 5.07. The molecular weight excluding hydrogens is 248 g/mol. The van der Waals surface area contributed by atoms with E-state index in [1.807, 2.05) is 12.1 Å². The van der Waals surface area contributed by atoms with Gasteiger partial charge in [0.2, 0.25) is 0 Å². The third-order valence-corrected chi connectivity index (χ3v) is 3.64. The molecule has 100 valence electrons. The maximum atomic E-state index is 5.87. The van der Waals surface area contributed by atoms with Crippen molar-refractivity contribution in [1.29, 1.82) is 0 Å². The monoisotopic (exact) mass is 268 g/mol. The zero-order valence-electron chi connectivity index (χ0n) is 10.9. The van der Waals surface area contributed by atoms with Gasteiger partial charge in [-0.2, -0.15) is 0 Å². The number of nitrogens with zero attached hydrogens (tertiary/aromatic N) is 1. The average Bonchev–Trinajstić information content (AvgIpc) is 2.84. The molecule has 0 spiro atoms. The van der Waals surface area contributed by atoms with E-state index in [4.69, 9.17) is 16.3 Å². The molecular formula is C14H21ClN2O. The first kappa shape index (κ1) is 13.8. The first-order valence-electron chi connectivity index (χ1n) is 6.47. The molecule has 0 bridgehead atoms. The molecule has 1 aliphatic rings. The predicted octanol–water partition coefficient (Wildman–Crippen LogP) is 2.15. The van der Waals surface area contributed by atoms with E-state index >= 15 is 0 Å². The summed E-state index contributed by atoms with van der Waals surface area (Å²) in [5.41, 5.74) is 1.29. The molecule has 0 aliphatic carbocycles. The number of halogens is 1. The first-order valence-corrected chi connectivity index (χ1v) is 6.85. The Morgan fingerprint density at radius 3 is 2.89 bits per heavy atom. The van der Waals surface area contributed by atoms with Gasteiger partial charge in [-0.25, -0.2) is 0 Å². The van der Waals surface area contributed by atoms with Crippen molar-refractivity contribution in [2.45, 2.75) is 19.0 Å². The molecule has 1 aromatic carbocycles. The van der Waals surface area contributed by atoms with Gasteiger partial charge >= 0.3 is 0 Å². The number of rotatable bonds is 6. The fourth-order valence-electron chi connectivity index (χ4n) is 2.29. The first-order chi connectivity index (χ1) is 8.78. The standard InChI is InChI=1S/C14H21ClN2O/c1-18-9-8-17-7-6-14(11-17)16-10-12-2-4-13(15)5-3-12/h2-5,14,16H,6-11H2,1H3/t14-/m0/s1. The average molecular weight is 269 g/mol. The van der Waals surface area contributed by atoms with Crippen molar-refractivity contribution in [3.05, 3.63) is 34.9 Å². The quantitative estimate of drug-likeness (QED) is 0.856. The highest BCUT2D eigenvalue weighted by Crippen LogP contribution is 2.12. The molecule has 0 aromatic heterocycles. The molecule has 18 heavy (non-hydrogen) atoms. The van der Waals surface area contributed by atoms with E-state index in [1.165, 1.54) is 18.5 Å². The van der Waals surface area contributed by atoms with E-state index in [0.29, 0.717) is 6.04 Å². The van der Waals surface area contributed by atoms with Crippen LogP contribution in [-0.4, -0.2) is 44.3 Å². The van der Waals surface area contributed by atoms with Crippen LogP contribution in [0, 0.1) is 0 Å². The second-order valence-corrected chi connectivity index (χ2v) is 5.22. The number of hydrogen-bond donors (Lipinski definition) is 1. The Hall–Kier alpha value is -0.610. The minimum atomic E-state index is 0.595. The van der Waals surface area contributed by atoms with Crippen molar-refractivity contribution < 1.29 is 4.74 Å². The lowest BCUT2D eigenvalue weighted by Gasteiger charge is -2.16. The van der Waals surface area contributed by atoms with Gasteiger partial charge in [-0.05, 0) is 30.7 Å². The Bertz CT molecular complexity index is 355. The van der Waals surface area contributed by atoms with Gasteiger partial charge in [-0.15, -0.1) is 0 Å². The van der Waals surface area contributed by atoms with E-state index in [2.05, 4.69) is 22.3 Å². The lowest BCUT2D eigenvalue weighted by molar-refractivity contribution is 0.159. The summed E-state index contributed by atoms with van der Waals surface area (Å²) >= 11 is 5.87. The third-order valence-electron chi connectivity index (χ3n) is 3.39. The number of methoxy groups -OCH3 is 1. The van der Waals surface area contributed by atoms with Crippen molar-refractivity contribution in [3.8, 4) is 0 Å². The zero-order valence-corrected chi connectivity index (χ0v) is 11.6. The van der Waals surface area contributed by atoms with Gasteiger partial charge in [0.05, 0.1) is 6.61 Å². The van der Waals surface area contributed by atoms with Crippen molar-refractivity contribution in [2.75, 3.05) is 33.4 Å². The summed E-state index contributed by atoms with van der Waals surface area (Å²) in [5.74, 6) is 0. The molecule has 1 saturated heterocycles. The van der Waals surface area contributed by atoms with Crippen molar-refractivity contribution in [2.24, 2.45) is 0 Å². The highest BCUT2D eigenvalue weighted by atomic mass is 35.5. The van der Waals surface area contributed by atoms with E-state index in [1.54, 1.807) is 7.11 Å². The fraction of sp³-hybridized carbons (Fsp3) is 0.571. The summed E-state index contributed by atoms with van der Waals surface area (Å²) in [6.07, 6.45) is 1.22. The van der Waals surface area contributed by atoms with E-state index < -0.39 is 0 Å². The Morgan fingerprint density at radius 2 is 2.17 bits per heavy atom. The molecule has 1 atom stereocenters. The largest absolute Gasteiger partial charge is 0.383 e. The Labute approximate surface area is 114 Å². The minimum absolute atomic E-state index is 0.595. The number of benzene rings is 1. The van der Waals surface area contributed by atoms with Crippen LogP contribution in [0.4, 0.5) is 0 Å². The van der Waals surface area contributed by atoms with Crippen molar-refractivity contribution >= 4 is 11.6 Å². The molecule has 3 nitrogen and oxygen atoms in total. The molecule has 1 aliphatic heterocycles. The highest BCUT2D eigenvalue weighted by molar-refractivity contribution is 6.30. The topological polar surface area (TPSA) is 24.5 Å². The number of likely N-dealkylation sites (tertiary alicyclic amines) is 1. The van der Waals surface area contributed by atoms with Crippen LogP contribution >= 0.6 is 11.6 Å². The third kappa shape index (κ3) is 4.25. The van der Waals surface area contributed by atoms with Crippen LogP contribution in [0.5, 0.6) is 0 Å².